The molecule has 0 aromatic rings. The monoisotopic (exact) mass is 420 g/mol. The summed E-state index contributed by atoms with van der Waals surface area (Å²) in [6.07, 6.45) is 37.0. The highest BCUT2D eigenvalue weighted by Crippen LogP contribution is 2.07. The number of unbranched alkanes of at least 4 members (excludes halogenated alkanes) is 12. The summed E-state index contributed by atoms with van der Waals surface area (Å²) in [6, 6.07) is 0. The van der Waals surface area contributed by atoms with E-state index >= 15 is 0 Å². The molecule has 0 radical (unpaired) electrons. The minimum atomic E-state index is 0.279. The zero-order chi connectivity index (χ0) is 22.4. The maximum atomic E-state index is 8.59. The van der Waals surface area contributed by atoms with Gasteiger partial charge in [0.1, 0.15) is 0 Å². The van der Waals surface area contributed by atoms with Gasteiger partial charge in [0.05, 0.1) is 0 Å². The van der Waals surface area contributed by atoms with Crippen LogP contribution in [0.15, 0.2) is 48.6 Å². The molecule has 0 unspecified atom stereocenters. The summed E-state index contributed by atoms with van der Waals surface area (Å²) >= 11 is 0. The van der Waals surface area contributed by atoms with E-state index in [4.69, 9.17) is 10.2 Å². The summed E-state index contributed by atoms with van der Waals surface area (Å²) in [5.41, 5.74) is 0. The SMILES string of the molecule is C/C=C\C=C\CCCCCCCO.CCCC/C=C\CCCCCC/C=C/CCO. The van der Waals surface area contributed by atoms with E-state index in [9.17, 15) is 0 Å². The van der Waals surface area contributed by atoms with E-state index in [1.165, 1.54) is 89.9 Å². The Kier molecular flexibility index (Phi) is 33.7. The van der Waals surface area contributed by atoms with Crippen LogP contribution in [-0.4, -0.2) is 23.4 Å². The minimum absolute atomic E-state index is 0.279. The molecule has 0 atom stereocenters. The van der Waals surface area contributed by atoms with E-state index in [1.54, 1.807) is 0 Å². The minimum Gasteiger partial charge on any atom is -0.396 e. The Morgan fingerprint density at radius 3 is 1.43 bits per heavy atom. The van der Waals surface area contributed by atoms with Crippen LogP contribution in [0.4, 0.5) is 0 Å². The first kappa shape index (κ1) is 31.1. The fourth-order valence-electron chi connectivity index (χ4n) is 2.94. The molecule has 2 N–H and O–H groups in total. The topological polar surface area (TPSA) is 40.5 Å². The second-order valence-electron chi connectivity index (χ2n) is 7.82. The molecule has 0 bridgehead atoms. The lowest BCUT2D eigenvalue weighted by Gasteiger charge is -1.97. The third kappa shape index (κ3) is 34.4. The van der Waals surface area contributed by atoms with E-state index in [2.05, 4.69) is 49.5 Å². The number of allylic oxidation sites excluding steroid dienone is 7. The molecule has 0 aliphatic carbocycles. The number of aliphatic hydroxyl groups is 2. The molecule has 30 heavy (non-hydrogen) atoms. The van der Waals surface area contributed by atoms with Gasteiger partial charge in [-0.1, -0.05) is 100 Å². The van der Waals surface area contributed by atoms with Gasteiger partial charge in [-0.3, -0.25) is 0 Å². The summed E-state index contributed by atoms with van der Waals surface area (Å²) in [6.45, 7) is 4.89. The van der Waals surface area contributed by atoms with Crippen molar-refractivity contribution >= 4 is 0 Å². The van der Waals surface area contributed by atoms with Gasteiger partial charge in [0.25, 0.3) is 0 Å². The van der Waals surface area contributed by atoms with Crippen molar-refractivity contribution in [3.8, 4) is 0 Å². The third-order valence-electron chi connectivity index (χ3n) is 4.81. The molecule has 2 heteroatoms. The van der Waals surface area contributed by atoms with Crippen LogP contribution >= 0.6 is 0 Å². The fourth-order valence-corrected chi connectivity index (χ4v) is 2.94. The fraction of sp³-hybridized carbons (Fsp3) is 0.714. The predicted octanol–water partition coefficient (Wildman–Crippen LogP) is 8.46. The molecule has 0 aromatic carbocycles. The van der Waals surface area contributed by atoms with Gasteiger partial charge in [0, 0.05) is 13.2 Å². The van der Waals surface area contributed by atoms with Gasteiger partial charge >= 0.3 is 0 Å². The quantitative estimate of drug-likeness (QED) is 0.118. The van der Waals surface area contributed by atoms with Crippen molar-refractivity contribution in [2.24, 2.45) is 0 Å². The van der Waals surface area contributed by atoms with Gasteiger partial charge in [0.2, 0.25) is 0 Å². The van der Waals surface area contributed by atoms with Crippen LogP contribution in [0.25, 0.3) is 0 Å². The van der Waals surface area contributed by atoms with Gasteiger partial charge < -0.3 is 10.2 Å². The normalized spacial score (nSPS) is 11.9. The Hall–Kier alpha value is -1.12. The number of hydrogen-bond donors (Lipinski definition) is 2. The van der Waals surface area contributed by atoms with Crippen LogP contribution in [0, 0.1) is 0 Å². The smallest absolute Gasteiger partial charge is 0.0465 e. The highest BCUT2D eigenvalue weighted by molar-refractivity contribution is 5.00. The molecule has 2 nitrogen and oxygen atoms in total. The zero-order valence-corrected chi connectivity index (χ0v) is 20.2. The van der Waals surface area contributed by atoms with Crippen molar-refractivity contribution in [2.75, 3.05) is 13.2 Å². The van der Waals surface area contributed by atoms with E-state index < -0.39 is 0 Å². The van der Waals surface area contributed by atoms with E-state index in [0.717, 1.165) is 12.8 Å². The van der Waals surface area contributed by atoms with Crippen LogP contribution in [0.5, 0.6) is 0 Å². The van der Waals surface area contributed by atoms with Gasteiger partial charge in [-0.05, 0) is 64.7 Å². The van der Waals surface area contributed by atoms with Crippen molar-refractivity contribution < 1.29 is 10.2 Å². The molecule has 0 spiro atoms. The maximum Gasteiger partial charge on any atom is 0.0465 e. The summed E-state index contributed by atoms with van der Waals surface area (Å²) in [7, 11) is 0. The first-order valence-corrected chi connectivity index (χ1v) is 12.6. The van der Waals surface area contributed by atoms with Crippen molar-refractivity contribution in [2.45, 2.75) is 117 Å². The molecule has 0 aromatic heterocycles. The molecule has 0 fully saturated rings. The lowest BCUT2D eigenvalue weighted by atomic mass is 10.1. The van der Waals surface area contributed by atoms with Crippen molar-refractivity contribution in [3.63, 3.8) is 0 Å². The van der Waals surface area contributed by atoms with E-state index in [1.807, 2.05) is 13.0 Å². The molecule has 0 heterocycles. The lowest BCUT2D eigenvalue weighted by Crippen LogP contribution is -1.82. The Bertz CT molecular complexity index is 393. The molecule has 0 aliphatic rings. The average molecular weight is 421 g/mol. The standard InChI is InChI=1S/C16H30O.C12H22O/c1-2-3-4-5-6-7-8-9-10-11-12-13-14-15-16-17;1-2-3-4-5-6-7-8-9-10-11-12-13/h5-6,13-14,17H,2-4,7-12,15-16H2,1H3;2-5,13H,6-12H2,1H3/b6-5-,14-13+;3-2-,5-4+. The molecular weight excluding hydrogens is 368 g/mol. The third-order valence-corrected chi connectivity index (χ3v) is 4.81. The van der Waals surface area contributed by atoms with Crippen LogP contribution in [0.2, 0.25) is 0 Å². The summed E-state index contributed by atoms with van der Waals surface area (Å²) in [5, 5.41) is 17.1. The molecule has 0 saturated heterocycles. The Balaban J connectivity index is 0. The predicted molar refractivity (Wildman–Crippen MR) is 136 cm³/mol. The van der Waals surface area contributed by atoms with Gasteiger partial charge in [-0.25, -0.2) is 0 Å². The average Bonchev–Trinajstić information content (AvgIpc) is 2.76. The highest BCUT2D eigenvalue weighted by Gasteiger charge is 1.88. The first-order chi connectivity index (χ1) is 14.8. The van der Waals surface area contributed by atoms with Crippen molar-refractivity contribution in [1.82, 2.24) is 0 Å². The Labute approximate surface area is 188 Å². The van der Waals surface area contributed by atoms with Crippen LogP contribution in [-0.2, 0) is 0 Å². The zero-order valence-electron chi connectivity index (χ0n) is 20.2. The van der Waals surface area contributed by atoms with Crippen LogP contribution in [0.3, 0.4) is 0 Å². The molecule has 0 amide bonds. The molecule has 176 valence electrons. The molecule has 0 rings (SSSR count). The summed E-state index contributed by atoms with van der Waals surface area (Å²) in [4.78, 5) is 0. The number of rotatable bonds is 20. The second kappa shape index (κ2) is 32.5. The van der Waals surface area contributed by atoms with E-state index in [0.29, 0.717) is 6.61 Å². The van der Waals surface area contributed by atoms with E-state index in [-0.39, 0.29) is 6.61 Å². The molecule has 0 saturated carbocycles. The Morgan fingerprint density at radius 2 is 0.933 bits per heavy atom. The maximum absolute atomic E-state index is 8.59. The summed E-state index contributed by atoms with van der Waals surface area (Å²) < 4.78 is 0. The van der Waals surface area contributed by atoms with Crippen molar-refractivity contribution in [3.05, 3.63) is 48.6 Å². The van der Waals surface area contributed by atoms with Crippen LogP contribution in [0.1, 0.15) is 117 Å². The van der Waals surface area contributed by atoms with Gasteiger partial charge in [-0.2, -0.15) is 0 Å². The number of hydrogen-bond acceptors (Lipinski definition) is 2. The van der Waals surface area contributed by atoms with Crippen LogP contribution < -0.4 is 0 Å². The second-order valence-corrected chi connectivity index (χ2v) is 7.82. The molecule has 0 aliphatic heterocycles. The Morgan fingerprint density at radius 1 is 0.467 bits per heavy atom. The molecular formula is C28H52O2. The summed E-state index contributed by atoms with van der Waals surface area (Å²) in [5.74, 6) is 0. The lowest BCUT2D eigenvalue weighted by molar-refractivity contribution is 0.282. The first-order valence-electron chi connectivity index (χ1n) is 12.6. The largest absolute Gasteiger partial charge is 0.396 e. The van der Waals surface area contributed by atoms with Crippen molar-refractivity contribution in [1.29, 1.82) is 0 Å². The number of aliphatic hydroxyl groups excluding tert-OH is 2. The van der Waals surface area contributed by atoms with Gasteiger partial charge in [0.15, 0.2) is 0 Å². The van der Waals surface area contributed by atoms with Gasteiger partial charge in [-0.15, -0.1) is 0 Å². The highest BCUT2D eigenvalue weighted by atomic mass is 16.3.